The number of hydrogen-bond donors (Lipinski definition) is 2. The molecule has 7 heteroatoms. The van der Waals surface area contributed by atoms with Gasteiger partial charge in [-0.2, -0.15) is 0 Å². The molecule has 0 radical (unpaired) electrons. The first kappa shape index (κ1) is 16.2. The van der Waals surface area contributed by atoms with Gasteiger partial charge in [0.2, 0.25) is 5.91 Å². The first-order valence-electron chi connectivity index (χ1n) is 8.26. The van der Waals surface area contributed by atoms with Crippen LogP contribution in [0.2, 0.25) is 0 Å². The van der Waals surface area contributed by atoms with Crippen molar-refractivity contribution in [2.24, 2.45) is 11.8 Å². The van der Waals surface area contributed by atoms with Gasteiger partial charge < -0.3 is 15.2 Å². The summed E-state index contributed by atoms with van der Waals surface area (Å²) in [5.74, 6) is -2.70. The Morgan fingerprint density at radius 1 is 1.20 bits per heavy atom. The molecule has 2 aromatic rings. The lowest BCUT2D eigenvalue weighted by molar-refractivity contribution is -0.147. The van der Waals surface area contributed by atoms with Gasteiger partial charge in [-0.05, 0) is 25.3 Å². The number of carbonyl (C=O) groups excluding carboxylic acids is 1. The van der Waals surface area contributed by atoms with Crippen molar-refractivity contribution >= 4 is 28.3 Å². The van der Waals surface area contributed by atoms with E-state index in [-0.39, 0.29) is 18.1 Å². The number of aliphatic carboxylic acids is 1. The van der Waals surface area contributed by atoms with Crippen molar-refractivity contribution in [3.63, 3.8) is 0 Å². The largest absolute Gasteiger partial charge is 0.481 e. The summed E-state index contributed by atoms with van der Waals surface area (Å²) in [4.78, 5) is 29.6. The molecule has 2 fully saturated rings. The third-order valence-corrected chi connectivity index (χ3v) is 6.05. The summed E-state index contributed by atoms with van der Waals surface area (Å²) in [6.07, 6.45) is 0.787. The molecule has 2 saturated heterocycles. The van der Waals surface area contributed by atoms with E-state index < -0.39 is 17.8 Å². The van der Waals surface area contributed by atoms with Gasteiger partial charge in [0.05, 0.1) is 34.6 Å². The molecule has 1 aromatic carbocycles. The Bertz CT molecular complexity index is 820. The Morgan fingerprint density at radius 3 is 2.56 bits per heavy atom. The Balaban J connectivity index is 1.55. The number of amides is 1. The summed E-state index contributed by atoms with van der Waals surface area (Å²) in [5.41, 5.74) is 1.88. The number of carbonyl (C=O) groups is 2. The van der Waals surface area contributed by atoms with Gasteiger partial charge in [0.25, 0.3) is 0 Å². The quantitative estimate of drug-likeness (QED) is 0.877. The molecule has 0 aliphatic carbocycles. The van der Waals surface area contributed by atoms with Crippen LogP contribution in [0, 0.1) is 18.8 Å². The second-order valence-electron chi connectivity index (χ2n) is 6.47. The molecule has 4 atom stereocenters. The molecule has 2 aliphatic rings. The molecule has 1 aromatic heterocycles. The van der Waals surface area contributed by atoms with Gasteiger partial charge in [-0.1, -0.05) is 41.7 Å². The van der Waals surface area contributed by atoms with Crippen LogP contribution in [-0.4, -0.2) is 34.2 Å². The molecule has 2 N–H and O–H groups in total. The van der Waals surface area contributed by atoms with Gasteiger partial charge in [0.15, 0.2) is 5.13 Å². The third-order valence-electron chi connectivity index (χ3n) is 4.92. The van der Waals surface area contributed by atoms with Crippen LogP contribution in [0.1, 0.15) is 18.5 Å². The standard InChI is InChI=1S/C18H18N2O4S/c1-9-15(10-5-3-2-4-6-10)25-18(19-9)20-16(21)13-11-7-8-12(24-11)14(13)17(22)23/h2-6,11-14H,7-8H2,1H3,(H,22,23)(H,19,20,21)/t11-,12-,13-,14-/m0/s1. The molecule has 0 unspecified atom stereocenters. The summed E-state index contributed by atoms with van der Waals surface area (Å²) in [5, 5.41) is 12.7. The number of rotatable bonds is 4. The van der Waals surface area contributed by atoms with Gasteiger partial charge in [-0.3, -0.25) is 9.59 Å². The number of benzene rings is 1. The predicted molar refractivity (Wildman–Crippen MR) is 93.4 cm³/mol. The minimum absolute atomic E-state index is 0.305. The number of fused-ring (bicyclic) bond motifs is 2. The number of nitrogens with one attached hydrogen (secondary N) is 1. The van der Waals surface area contributed by atoms with E-state index in [2.05, 4.69) is 10.3 Å². The van der Waals surface area contributed by atoms with E-state index in [1.165, 1.54) is 11.3 Å². The van der Waals surface area contributed by atoms with Crippen LogP contribution in [0.15, 0.2) is 30.3 Å². The maximum Gasteiger partial charge on any atom is 0.310 e. The molecule has 3 heterocycles. The summed E-state index contributed by atoms with van der Waals surface area (Å²) >= 11 is 1.40. The zero-order valence-corrected chi connectivity index (χ0v) is 14.5. The highest BCUT2D eigenvalue weighted by molar-refractivity contribution is 7.19. The normalized spacial score (nSPS) is 27.4. The van der Waals surface area contributed by atoms with E-state index >= 15 is 0 Å². The zero-order valence-electron chi connectivity index (χ0n) is 13.6. The molecule has 1 amide bonds. The van der Waals surface area contributed by atoms with Gasteiger partial charge >= 0.3 is 5.97 Å². The van der Waals surface area contributed by atoms with E-state index in [1.54, 1.807) is 0 Å². The number of carboxylic acid groups (broad SMARTS) is 1. The molecule has 2 bridgehead atoms. The summed E-state index contributed by atoms with van der Waals surface area (Å²) < 4.78 is 5.66. The Labute approximate surface area is 148 Å². The molecule has 130 valence electrons. The van der Waals surface area contributed by atoms with Crippen molar-refractivity contribution in [1.82, 2.24) is 4.98 Å². The van der Waals surface area contributed by atoms with Gasteiger partial charge in [0.1, 0.15) is 0 Å². The number of carboxylic acids is 1. The Morgan fingerprint density at radius 2 is 1.88 bits per heavy atom. The summed E-state index contributed by atoms with van der Waals surface area (Å²) in [7, 11) is 0. The fourth-order valence-corrected chi connectivity index (χ4v) is 4.80. The summed E-state index contributed by atoms with van der Waals surface area (Å²) in [6, 6.07) is 9.85. The highest BCUT2D eigenvalue weighted by atomic mass is 32.1. The van der Waals surface area contributed by atoms with Gasteiger partial charge in [-0.25, -0.2) is 4.98 Å². The van der Waals surface area contributed by atoms with E-state index in [4.69, 9.17) is 4.74 Å². The monoisotopic (exact) mass is 358 g/mol. The van der Waals surface area contributed by atoms with Crippen LogP contribution in [0.5, 0.6) is 0 Å². The van der Waals surface area contributed by atoms with Crippen LogP contribution in [0.25, 0.3) is 10.4 Å². The predicted octanol–water partition coefficient (Wildman–Crippen LogP) is 2.94. The van der Waals surface area contributed by atoms with Crippen LogP contribution in [0.4, 0.5) is 5.13 Å². The molecule has 0 saturated carbocycles. The SMILES string of the molecule is Cc1nc(NC(=O)[C@@H]2[C@@H](C(=O)O)[C@@H]3CC[C@@H]2O3)sc1-c1ccccc1. The topological polar surface area (TPSA) is 88.5 Å². The molecule has 0 spiro atoms. The van der Waals surface area contributed by atoms with Crippen molar-refractivity contribution in [3.8, 4) is 10.4 Å². The number of ether oxygens (including phenoxy) is 1. The highest BCUT2D eigenvalue weighted by Gasteiger charge is 2.55. The minimum atomic E-state index is -0.965. The van der Waals surface area contributed by atoms with Crippen LogP contribution in [0.3, 0.4) is 0 Å². The van der Waals surface area contributed by atoms with E-state index in [0.29, 0.717) is 11.6 Å². The average molecular weight is 358 g/mol. The van der Waals surface area contributed by atoms with Crippen molar-refractivity contribution < 1.29 is 19.4 Å². The van der Waals surface area contributed by atoms with Crippen LogP contribution < -0.4 is 5.32 Å². The lowest BCUT2D eigenvalue weighted by Crippen LogP contribution is -2.40. The van der Waals surface area contributed by atoms with Crippen molar-refractivity contribution in [3.05, 3.63) is 36.0 Å². The second kappa shape index (κ2) is 6.24. The maximum absolute atomic E-state index is 12.7. The second-order valence-corrected chi connectivity index (χ2v) is 7.47. The maximum atomic E-state index is 12.7. The van der Waals surface area contributed by atoms with Gasteiger partial charge in [-0.15, -0.1) is 0 Å². The number of thiazole rings is 1. The number of nitrogens with zero attached hydrogens (tertiary/aromatic N) is 1. The fraction of sp³-hybridized carbons (Fsp3) is 0.389. The minimum Gasteiger partial charge on any atom is -0.481 e. The Kier molecular flexibility index (Phi) is 4.05. The lowest BCUT2D eigenvalue weighted by Gasteiger charge is -2.23. The van der Waals surface area contributed by atoms with E-state index in [0.717, 1.165) is 22.6 Å². The van der Waals surface area contributed by atoms with E-state index in [9.17, 15) is 14.7 Å². The van der Waals surface area contributed by atoms with E-state index in [1.807, 2.05) is 37.3 Å². The first-order chi connectivity index (χ1) is 12.0. The highest BCUT2D eigenvalue weighted by Crippen LogP contribution is 2.44. The number of aromatic nitrogens is 1. The molecular weight excluding hydrogens is 340 g/mol. The van der Waals surface area contributed by atoms with Crippen LogP contribution >= 0.6 is 11.3 Å². The Hall–Kier alpha value is -2.25. The number of anilines is 1. The fourth-order valence-electron chi connectivity index (χ4n) is 3.82. The first-order valence-corrected chi connectivity index (χ1v) is 9.08. The molecular formula is C18H18N2O4S. The average Bonchev–Trinajstić information content (AvgIpc) is 3.29. The smallest absolute Gasteiger partial charge is 0.310 e. The molecule has 4 rings (SSSR count). The number of hydrogen-bond acceptors (Lipinski definition) is 5. The van der Waals surface area contributed by atoms with Crippen LogP contribution in [-0.2, 0) is 14.3 Å². The van der Waals surface area contributed by atoms with Gasteiger partial charge in [0, 0.05) is 0 Å². The number of aryl methyl sites for hydroxylation is 1. The van der Waals surface area contributed by atoms with Crippen molar-refractivity contribution in [2.45, 2.75) is 32.0 Å². The molecule has 2 aliphatic heterocycles. The molecule has 25 heavy (non-hydrogen) atoms. The summed E-state index contributed by atoms with van der Waals surface area (Å²) in [6.45, 7) is 1.90. The van der Waals surface area contributed by atoms with Crippen molar-refractivity contribution in [2.75, 3.05) is 5.32 Å². The zero-order chi connectivity index (χ0) is 17.6. The molecule has 6 nitrogen and oxygen atoms in total. The van der Waals surface area contributed by atoms with Crippen molar-refractivity contribution in [1.29, 1.82) is 0 Å². The lowest BCUT2D eigenvalue weighted by atomic mass is 9.79. The third kappa shape index (κ3) is 2.83.